The molecule has 0 aliphatic rings. The first-order valence-electron chi connectivity index (χ1n) is 5.63. The van der Waals surface area contributed by atoms with Crippen LogP contribution in [-0.2, 0) is 14.4 Å². The molecule has 20 heavy (non-hydrogen) atoms. The fourth-order valence-electron chi connectivity index (χ4n) is 1.66. The fraction of sp³-hybridized carbons (Fsp3) is 0.231. The van der Waals surface area contributed by atoms with Crippen LogP contribution in [0.2, 0.25) is 0 Å². The maximum atomic E-state index is 12.0. The minimum absolute atomic E-state index is 0.171. The van der Waals surface area contributed by atoms with E-state index in [-0.39, 0.29) is 5.56 Å². The van der Waals surface area contributed by atoms with E-state index >= 15 is 0 Å². The van der Waals surface area contributed by atoms with Crippen LogP contribution in [0.3, 0.4) is 0 Å². The van der Waals surface area contributed by atoms with Crippen molar-refractivity contribution in [1.82, 2.24) is 5.32 Å². The van der Waals surface area contributed by atoms with Crippen LogP contribution in [0.15, 0.2) is 30.3 Å². The summed E-state index contributed by atoms with van der Waals surface area (Å²) in [6.07, 6.45) is -0.874. The monoisotopic (exact) mass is 279 g/mol. The normalized spacial score (nSPS) is 10.7. The van der Waals surface area contributed by atoms with Crippen molar-refractivity contribution in [1.29, 1.82) is 0 Å². The lowest BCUT2D eigenvalue weighted by Crippen LogP contribution is -2.60. The third-order valence-electron chi connectivity index (χ3n) is 2.64. The van der Waals surface area contributed by atoms with Crippen LogP contribution in [-0.4, -0.2) is 39.4 Å². The number of hydrogen-bond acceptors (Lipinski definition) is 4. The van der Waals surface area contributed by atoms with Crippen molar-refractivity contribution in [3.8, 4) is 0 Å². The number of ketones is 1. The largest absolute Gasteiger partial charge is 0.479 e. The molecule has 1 aromatic rings. The summed E-state index contributed by atoms with van der Waals surface area (Å²) in [4.78, 5) is 45.4. The molecule has 0 unspecified atom stereocenters. The van der Waals surface area contributed by atoms with E-state index in [9.17, 15) is 19.2 Å². The molecule has 0 spiro atoms. The number of hydrogen-bond donors (Lipinski definition) is 3. The van der Waals surface area contributed by atoms with Gasteiger partial charge >= 0.3 is 11.9 Å². The number of carbonyl (C=O) groups is 4. The highest BCUT2D eigenvalue weighted by Gasteiger charge is 2.49. The van der Waals surface area contributed by atoms with Crippen molar-refractivity contribution >= 4 is 23.6 Å². The van der Waals surface area contributed by atoms with Gasteiger partial charge in [-0.2, -0.15) is 0 Å². The summed E-state index contributed by atoms with van der Waals surface area (Å²) in [7, 11) is 0. The van der Waals surface area contributed by atoms with Crippen LogP contribution in [0.1, 0.15) is 23.7 Å². The summed E-state index contributed by atoms with van der Waals surface area (Å²) in [6.45, 7) is 0.980. The highest BCUT2D eigenvalue weighted by Crippen LogP contribution is 2.16. The van der Waals surface area contributed by atoms with Crippen LogP contribution in [0, 0.1) is 0 Å². The molecule has 1 rings (SSSR count). The van der Waals surface area contributed by atoms with E-state index in [0.717, 1.165) is 6.92 Å². The zero-order chi connectivity index (χ0) is 15.3. The van der Waals surface area contributed by atoms with E-state index in [2.05, 4.69) is 0 Å². The minimum Gasteiger partial charge on any atom is -0.479 e. The summed E-state index contributed by atoms with van der Waals surface area (Å²) in [5, 5.41) is 20.0. The molecular formula is C13H13NO6. The van der Waals surface area contributed by atoms with Gasteiger partial charge < -0.3 is 15.5 Å². The van der Waals surface area contributed by atoms with E-state index in [0.29, 0.717) is 0 Å². The molecule has 0 atom stereocenters. The Morgan fingerprint density at radius 3 is 1.95 bits per heavy atom. The lowest BCUT2D eigenvalue weighted by molar-refractivity contribution is -0.161. The molecule has 0 heterocycles. The Labute approximate surface area is 114 Å². The number of benzene rings is 1. The molecule has 0 aliphatic heterocycles. The van der Waals surface area contributed by atoms with Crippen molar-refractivity contribution in [2.75, 3.05) is 0 Å². The predicted octanol–water partition coefficient (Wildman–Crippen LogP) is 0.303. The predicted molar refractivity (Wildman–Crippen MR) is 67.2 cm³/mol. The minimum atomic E-state index is -2.67. The van der Waals surface area contributed by atoms with Gasteiger partial charge in [0.15, 0.2) is 5.78 Å². The second kappa shape index (κ2) is 5.96. The standard InChI is InChI=1S/C13H13NO6/c1-8(15)14-13(11(17)18,12(19)20)7-10(16)9-5-3-2-4-6-9/h2-6H,7H2,1H3,(H,14,15)(H,17,18)(H,19,20). The lowest BCUT2D eigenvalue weighted by atomic mass is 9.90. The van der Waals surface area contributed by atoms with Crippen LogP contribution in [0.4, 0.5) is 0 Å². The Morgan fingerprint density at radius 2 is 1.55 bits per heavy atom. The SMILES string of the molecule is CC(=O)NC(CC(=O)c1ccccc1)(C(=O)O)C(=O)O. The zero-order valence-corrected chi connectivity index (χ0v) is 10.6. The fourth-order valence-corrected chi connectivity index (χ4v) is 1.66. The number of nitrogens with one attached hydrogen (secondary N) is 1. The molecule has 0 radical (unpaired) electrons. The molecule has 7 nitrogen and oxygen atoms in total. The van der Waals surface area contributed by atoms with Gasteiger partial charge in [0.05, 0.1) is 6.42 Å². The number of rotatable bonds is 6. The number of amides is 1. The van der Waals surface area contributed by atoms with Crippen molar-refractivity contribution < 1.29 is 29.4 Å². The van der Waals surface area contributed by atoms with Crippen molar-refractivity contribution in [2.24, 2.45) is 0 Å². The summed E-state index contributed by atoms with van der Waals surface area (Å²) < 4.78 is 0. The maximum Gasteiger partial charge on any atom is 0.341 e. The zero-order valence-electron chi connectivity index (χ0n) is 10.6. The van der Waals surface area contributed by atoms with E-state index < -0.39 is 35.6 Å². The van der Waals surface area contributed by atoms with Crippen molar-refractivity contribution in [3.05, 3.63) is 35.9 Å². The van der Waals surface area contributed by atoms with Gasteiger partial charge in [-0.25, -0.2) is 9.59 Å². The molecule has 0 aliphatic carbocycles. The molecule has 0 aromatic heterocycles. The third kappa shape index (κ3) is 3.19. The number of carboxylic acids is 2. The van der Waals surface area contributed by atoms with E-state index in [4.69, 9.17) is 10.2 Å². The first-order chi connectivity index (χ1) is 9.29. The topological polar surface area (TPSA) is 121 Å². The van der Waals surface area contributed by atoms with Gasteiger partial charge in [-0.05, 0) is 0 Å². The Kier molecular flexibility index (Phi) is 4.58. The summed E-state index contributed by atoms with van der Waals surface area (Å²) >= 11 is 0. The van der Waals surface area contributed by atoms with Crippen molar-refractivity contribution in [3.63, 3.8) is 0 Å². The second-order valence-electron chi connectivity index (χ2n) is 4.16. The Bertz CT molecular complexity index is 537. The smallest absolute Gasteiger partial charge is 0.341 e. The van der Waals surface area contributed by atoms with Gasteiger partial charge in [0.2, 0.25) is 11.4 Å². The van der Waals surface area contributed by atoms with Crippen molar-refractivity contribution in [2.45, 2.75) is 18.9 Å². The van der Waals surface area contributed by atoms with Gasteiger partial charge in [-0.1, -0.05) is 30.3 Å². The van der Waals surface area contributed by atoms with Gasteiger partial charge in [0.25, 0.3) is 0 Å². The van der Waals surface area contributed by atoms with Crippen LogP contribution in [0.25, 0.3) is 0 Å². The Hall–Kier alpha value is -2.70. The molecular weight excluding hydrogens is 266 g/mol. The highest BCUT2D eigenvalue weighted by molar-refractivity contribution is 6.12. The number of carbonyl (C=O) groups excluding carboxylic acids is 2. The average molecular weight is 279 g/mol. The lowest BCUT2D eigenvalue weighted by Gasteiger charge is -2.24. The Morgan fingerprint density at radius 1 is 1.05 bits per heavy atom. The number of Topliss-reactive ketones (excluding diaryl/α,β-unsaturated/α-hetero) is 1. The third-order valence-corrected chi connectivity index (χ3v) is 2.64. The maximum absolute atomic E-state index is 12.0. The molecule has 0 bridgehead atoms. The average Bonchev–Trinajstić information content (AvgIpc) is 2.37. The molecule has 1 amide bonds. The molecule has 0 fully saturated rings. The summed E-state index contributed by atoms with van der Waals surface area (Å²) in [5.41, 5.74) is -2.50. The quantitative estimate of drug-likeness (QED) is 0.509. The van der Waals surface area contributed by atoms with Gasteiger partial charge in [0.1, 0.15) is 0 Å². The number of aliphatic carboxylic acids is 2. The molecule has 0 saturated heterocycles. The number of carboxylic acid groups (broad SMARTS) is 2. The second-order valence-corrected chi connectivity index (χ2v) is 4.16. The molecule has 1 aromatic carbocycles. The van der Waals surface area contributed by atoms with Gasteiger partial charge in [0, 0.05) is 12.5 Å². The van der Waals surface area contributed by atoms with Crippen LogP contribution >= 0.6 is 0 Å². The molecule has 0 saturated carbocycles. The van der Waals surface area contributed by atoms with E-state index in [1.54, 1.807) is 18.2 Å². The van der Waals surface area contributed by atoms with Gasteiger partial charge in [-0.15, -0.1) is 0 Å². The van der Waals surface area contributed by atoms with Crippen LogP contribution in [0.5, 0.6) is 0 Å². The highest BCUT2D eigenvalue weighted by atomic mass is 16.4. The Balaban J connectivity index is 3.13. The first-order valence-corrected chi connectivity index (χ1v) is 5.63. The first kappa shape index (κ1) is 15.4. The molecule has 3 N–H and O–H groups in total. The van der Waals surface area contributed by atoms with Gasteiger partial charge in [-0.3, -0.25) is 9.59 Å². The van der Waals surface area contributed by atoms with E-state index in [1.165, 1.54) is 12.1 Å². The van der Waals surface area contributed by atoms with E-state index in [1.807, 2.05) is 5.32 Å². The molecule has 106 valence electrons. The summed E-state index contributed by atoms with van der Waals surface area (Å²) in [6, 6.07) is 7.66. The van der Waals surface area contributed by atoms with Crippen LogP contribution < -0.4 is 5.32 Å². The molecule has 7 heteroatoms. The summed E-state index contributed by atoms with van der Waals surface area (Å²) in [5.74, 6) is -5.14.